The van der Waals surface area contributed by atoms with Crippen molar-refractivity contribution < 1.29 is 14.3 Å². The predicted molar refractivity (Wildman–Crippen MR) is 74.1 cm³/mol. The van der Waals surface area contributed by atoms with Crippen molar-refractivity contribution in [3.05, 3.63) is 52.5 Å². The number of nitrogens with zero attached hydrogens (tertiary/aromatic N) is 1. The van der Waals surface area contributed by atoms with E-state index in [1.165, 1.54) is 0 Å². The summed E-state index contributed by atoms with van der Waals surface area (Å²) >= 11 is 3.22. The fraction of sp³-hybridized carbons (Fsp3) is 0. The van der Waals surface area contributed by atoms with E-state index in [0.29, 0.717) is 21.5 Å². The van der Waals surface area contributed by atoms with Crippen LogP contribution in [0.2, 0.25) is 0 Å². The monoisotopic (exact) mass is 317 g/mol. The first-order chi connectivity index (χ1) is 9.16. The quantitative estimate of drug-likeness (QED) is 0.777. The number of carboxylic acids is 1. The van der Waals surface area contributed by atoms with E-state index in [4.69, 9.17) is 4.42 Å². The maximum absolute atomic E-state index is 11.3. The van der Waals surface area contributed by atoms with Gasteiger partial charge in [0.15, 0.2) is 5.58 Å². The molecule has 2 aromatic carbocycles. The number of benzene rings is 2. The van der Waals surface area contributed by atoms with Gasteiger partial charge in [-0.05, 0) is 40.2 Å². The van der Waals surface area contributed by atoms with Crippen molar-refractivity contribution in [1.82, 2.24) is 4.98 Å². The number of hydrogen-bond donors (Lipinski definition) is 1. The van der Waals surface area contributed by atoms with Crippen LogP contribution < -0.4 is 0 Å². The number of fused-ring (bicyclic) bond motifs is 1. The Morgan fingerprint density at radius 3 is 2.58 bits per heavy atom. The highest BCUT2D eigenvalue weighted by molar-refractivity contribution is 9.10. The third-order valence-corrected chi connectivity index (χ3v) is 3.41. The van der Waals surface area contributed by atoms with Gasteiger partial charge in [0, 0.05) is 10.0 Å². The average Bonchev–Trinajstić information content (AvgIpc) is 2.83. The molecule has 0 fully saturated rings. The molecule has 5 heteroatoms. The zero-order valence-electron chi connectivity index (χ0n) is 9.63. The summed E-state index contributed by atoms with van der Waals surface area (Å²) in [6.07, 6.45) is 0. The Kier molecular flexibility index (Phi) is 2.83. The van der Waals surface area contributed by atoms with Crippen LogP contribution in [0.5, 0.6) is 0 Å². The molecule has 3 rings (SSSR count). The Labute approximate surface area is 116 Å². The number of oxazole rings is 1. The van der Waals surface area contributed by atoms with Gasteiger partial charge in [0.2, 0.25) is 5.89 Å². The van der Waals surface area contributed by atoms with Crippen molar-refractivity contribution in [2.24, 2.45) is 0 Å². The maximum Gasteiger partial charge on any atom is 0.339 e. The zero-order chi connectivity index (χ0) is 13.4. The molecule has 0 aliphatic carbocycles. The lowest BCUT2D eigenvalue weighted by Gasteiger charge is -1.97. The molecule has 19 heavy (non-hydrogen) atoms. The van der Waals surface area contributed by atoms with Gasteiger partial charge in [0.05, 0.1) is 0 Å². The number of hydrogen-bond acceptors (Lipinski definition) is 3. The van der Waals surface area contributed by atoms with Crippen LogP contribution in [0.4, 0.5) is 0 Å². The molecule has 0 aliphatic heterocycles. The molecular formula is C14H8BrNO3. The largest absolute Gasteiger partial charge is 0.478 e. The van der Waals surface area contributed by atoms with Crippen molar-refractivity contribution in [3.8, 4) is 11.5 Å². The van der Waals surface area contributed by atoms with E-state index in [2.05, 4.69) is 20.9 Å². The van der Waals surface area contributed by atoms with Gasteiger partial charge in [0.1, 0.15) is 11.1 Å². The molecule has 0 spiro atoms. The van der Waals surface area contributed by atoms with Gasteiger partial charge in [-0.15, -0.1) is 0 Å². The van der Waals surface area contributed by atoms with Crippen LogP contribution >= 0.6 is 15.9 Å². The molecule has 0 saturated carbocycles. The van der Waals surface area contributed by atoms with E-state index < -0.39 is 5.97 Å². The highest BCUT2D eigenvalue weighted by Gasteiger charge is 2.18. The van der Waals surface area contributed by atoms with Crippen molar-refractivity contribution in [1.29, 1.82) is 0 Å². The molecule has 0 amide bonds. The summed E-state index contributed by atoms with van der Waals surface area (Å²) in [4.78, 5) is 15.6. The lowest BCUT2D eigenvalue weighted by atomic mass is 10.2. The number of halogens is 1. The van der Waals surface area contributed by atoms with E-state index in [0.717, 1.165) is 5.56 Å². The second-order valence-electron chi connectivity index (χ2n) is 3.96. The van der Waals surface area contributed by atoms with Gasteiger partial charge < -0.3 is 9.52 Å². The van der Waals surface area contributed by atoms with E-state index in [9.17, 15) is 9.90 Å². The second-order valence-corrected chi connectivity index (χ2v) is 4.81. The first kappa shape index (κ1) is 11.9. The first-order valence-corrected chi connectivity index (χ1v) is 6.34. The van der Waals surface area contributed by atoms with E-state index in [-0.39, 0.29) is 5.56 Å². The Bertz CT molecular complexity index is 765. The molecule has 0 unspecified atom stereocenters. The maximum atomic E-state index is 11.3. The number of carboxylic acid groups (broad SMARTS) is 1. The molecule has 3 aromatic rings. The minimum atomic E-state index is -1.04. The van der Waals surface area contributed by atoms with E-state index >= 15 is 0 Å². The van der Waals surface area contributed by atoms with Gasteiger partial charge in [-0.2, -0.15) is 0 Å². The Balaban J connectivity index is 2.27. The highest BCUT2D eigenvalue weighted by Crippen LogP contribution is 2.30. The molecule has 0 aliphatic rings. The fourth-order valence-electron chi connectivity index (χ4n) is 1.88. The molecule has 0 atom stereocenters. The van der Waals surface area contributed by atoms with E-state index in [1.54, 1.807) is 12.1 Å². The summed E-state index contributed by atoms with van der Waals surface area (Å²) < 4.78 is 6.09. The van der Waals surface area contributed by atoms with Crippen LogP contribution in [-0.4, -0.2) is 16.1 Å². The van der Waals surface area contributed by atoms with Crippen LogP contribution in [0.25, 0.3) is 22.6 Å². The molecular weight excluding hydrogens is 310 g/mol. The normalized spacial score (nSPS) is 10.8. The molecule has 94 valence electrons. The van der Waals surface area contributed by atoms with Crippen LogP contribution in [0.15, 0.2) is 51.4 Å². The molecule has 0 radical (unpaired) electrons. The molecule has 1 aromatic heterocycles. The van der Waals surface area contributed by atoms with Crippen molar-refractivity contribution in [3.63, 3.8) is 0 Å². The van der Waals surface area contributed by atoms with Gasteiger partial charge >= 0.3 is 5.97 Å². The van der Waals surface area contributed by atoms with Crippen molar-refractivity contribution >= 4 is 33.0 Å². The average molecular weight is 318 g/mol. The summed E-state index contributed by atoms with van der Waals surface area (Å²) in [5, 5.41) is 9.23. The fourth-order valence-corrected chi connectivity index (χ4v) is 2.37. The Morgan fingerprint density at radius 1 is 1.16 bits per heavy atom. The summed E-state index contributed by atoms with van der Waals surface area (Å²) in [6, 6.07) is 12.7. The summed E-state index contributed by atoms with van der Waals surface area (Å²) in [7, 11) is 0. The number of aromatic nitrogens is 1. The molecule has 1 heterocycles. The van der Waals surface area contributed by atoms with Crippen LogP contribution in [0, 0.1) is 0 Å². The molecule has 0 bridgehead atoms. The van der Waals surface area contributed by atoms with Crippen LogP contribution in [0.3, 0.4) is 0 Å². The summed E-state index contributed by atoms with van der Waals surface area (Å²) in [6.45, 7) is 0. The topological polar surface area (TPSA) is 63.3 Å². The molecule has 0 saturated heterocycles. The standard InChI is InChI=1S/C14H8BrNO3/c15-9-6-7-10-12(11(9)14(17)18)16-13(19-10)8-4-2-1-3-5-8/h1-7H,(H,17,18). The van der Waals surface area contributed by atoms with Gasteiger partial charge in [-0.1, -0.05) is 18.2 Å². The Hall–Kier alpha value is -2.14. The van der Waals surface area contributed by atoms with Gasteiger partial charge in [-0.25, -0.2) is 9.78 Å². The number of rotatable bonds is 2. The lowest BCUT2D eigenvalue weighted by Crippen LogP contribution is -1.98. The minimum absolute atomic E-state index is 0.114. The summed E-state index contributed by atoms with van der Waals surface area (Å²) in [5.41, 5.74) is 1.73. The zero-order valence-corrected chi connectivity index (χ0v) is 11.2. The molecule has 4 nitrogen and oxygen atoms in total. The number of aromatic carboxylic acids is 1. The minimum Gasteiger partial charge on any atom is -0.478 e. The smallest absolute Gasteiger partial charge is 0.339 e. The van der Waals surface area contributed by atoms with Crippen molar-refractivity contribution in [2.45, 2.75) is 0 Å². The first-order valence-electron chi connectivity index (χ1n) is 5.54. The van der Waals surface area contributed by atoms with Gasteiger partial charge in [0.25, 0.3) is 0 Å². The van der Waals surface area contributed by atoms with E-state index in [1.807, 2.05) is 30.3 Å². The third kappa shape index (κ3) is 2.02. The second kappa shape index (κ2) is 4.51. The summed E-state index contributed by atoms with van der Waals surface area (Å²) in [5.74, 6) is -0.624. The Morgan fingerprint density at radius 2 is 1.89 bits per heavy atom. The van der Waals surface area contributed by atoms with Gasteiger partial charge in [-0.3, -0.25) is 0 Å². The van der Waals surface area contributed by atoms with Crippen LogP contribution in [0.1, 0.15) is 10.4 Å². The number of carbonyl (C=O) groups is 1. The lowest BCUT2D eigenvalue weighted by molar-refractivity contribution is 0.0698. The molecule has 1 N–H and O–H groups in total. The van der Waals surface area contributed by atoms with Crippen molar-refractivity contribution in [2.75, 3.05) is 0 Å². The van der Waals surface area contributed by atoms with Crippen LogP contribution in [-0.2, 0) is 0 Å². The third-order valence-electron chi connectivity index (χ3n) is 2.74. The SMILES string of the molecule is O=C(O)c1c(Br)ccc2oc(-c3ccccc3)nc12. The highest BCUT2D eigenvalue weighted by atomic mass is 79.9. The predicted octanol–water partition coefficient (Wildman–Crippen LogP) is 3.96.